The molecule has 0 spiro atoms. The average molecular weight is 363 g/mol. The molecule has 0 bridgehead atoms. The Hall–Kier alpha value is -2.02. The number of alkyl halides is 2. The third-order valence-corrected chi connectivity index (χ3v) is 5.96. The maximum absolute atomic E-state index is 15.2. The van der Waals surface area contributed by atoms with Crippen LogP contribution in [0.25, 0.3) is 10.9 Å². The molecule has 26 heavy (non-hydrogen) atoms. The molecule has 4 rings (SSSR count). The minimum Gasteiger partial charge on any atom is -0.382 e. The first-order valence-electron chi connectivity index (χ1n) is 9.24. The van der Waals surface area contributed by atoms with Crippen LogP contribution in [-0.4, -0.2) is 45.1 Å². The van der Waals surface area contributed by atoms with Gasteiger partial charge in [-0.1, -0.05) is 6.92 Å². The molecule has 1 aromatic heterocycles. The third kappa shape index (κ3) is 2.60. The Kier molecular flexibility index (Phi) is 4.22. The van der Waals surface area contributed by atoms with Gasteiger partial charge in [-0.2, -0.15) is 5.10 Å². The number of benzene rings is 1. The van der Waals surface area contributed by atoms with Gasteiger partial charge >= 0.3 is 0 Å². The van der Waals surface area contributed by atoms with Crippen molar-refractivity contribution in [2.24, 2.45) is 5.92 Å². The first-order chi connectivity index (χ1) is 12.4. The standard InChI is InChI=1S/C19H23F2N3O2/c1-2-15(25)24-7-5-13(6-8-24)19(20,21)18(26)16-14-4-3-11(14)9-12-10-22-23-17(12)16/h9-10,13,18,26H,2-8H2,1H3,(H,22,23)/t18-/m1/s1. The number of aliphatic hydroxyl groups is 1. The molecule has 0 unspecified atom stereocenters. The predicted molar refractivity (Wildman–Crippen MR) is 93.0 cm³/mol. The van der Waals surface area contributed by atoms with Gasteiger partial charge in [0.1, 0.15) is 6.10 Å². The maximum Gasteiger partial charge on any atom is 0.280 e. The molecule has 5 nitrogen and oxygen atoms in total. The van der Waals surface area contributed by atoms with Gasteiger partial charge in [-0.25, -0.2) is 8.78 Å². The fourth-order valence-electron chi connectivity index (χ4n) is 4.28. The Morgan fingerprint density at radius 3 is 2.77 bits per heavy atom. The van der Waals surface area contributed by atoms with Crippen molar-refractivity contribution in [2.45, 2.75) is 51.1 Å². The number of likely N-dealkylation sites (tertiary alicyclic amines) is 1. The zero-order valence-electron chi connectivity index (χ0n) is 14.8. The Bertz CT molecular complexity index is 841. The molecule has 1 amide bonds. The molecule has 1 aliphatic heterocycles. The second kappa shape index (κ2) is 6.30. The fourth-order valence-corrected chi connectivity index (χ4v) is 4.28. The lowest BCUT2D eigenvalue weighted by Crippen LogP contribution is -2.45. The minimum absolute atomic E-state index is 0.00382. The smallest absolute Gasteiger partial charge is 0.280 e. The summed E-state index contributed by atoms with van der Waals surface area (Å²) in [7, 11) is 0. The van der Waals surface area contributed by atoms with Crippen molar-refractivity contribution >= 4 is 16.8 Å². The number of nitrogens with one attached hydrogen (secondary N) is 1. The predicted octanol–water partition coefficient (Wildman–Crippen LogP) is 2.98. The number of fused-ring (bicyclic) bond motifs is 2. The highest BCUT2D eigenvalue weighted by Gasteiger charge is 2.49. The topological polar surface area (TPSA) is 69.2 Å². The van der Waals surface area contributed by atoms with Gasteiger partial charge < -0.3 is 10.0 Å². The van der Waals surface area contributed by atoms with Gasteiger partial charge in [-0.05, 0) is 42.9 Å². The normalized spacial score (nSPS) is 19.3. The second-order valence-electron chi connectivity index (χ2n) is 7.35. The van der Waals surface area contributed by atoms with Crippen LogP contribution in [0.4, 0.5) is 8.78 Å². The third-order valence-electron chi connectivity index (χ3n) is 5.96. The Morgan fingerprint density at radius 2 is 2.15 bits per heavy atom. The first kappa shape index (κ1) is 17.4. The number of piperidine rings is 1. The van der Waals surface area contributed by atoms with Crippen LogP contribution in [0.3, 0.4) is 0 Å². The number of nitrogens with zero attached hydrogens (tertiary/aromatic N) is 2. The lowest BCUT2D eigenvalue weighted by Gasteiger charge is -2.38. The number of rotatable bonds is 4. The van der Waals surface area contributed by atoms with Crippen LogP contribution in [-0.2, 0) is 17.6 Å². The van der Waals surface area contributed by atoms with Crippen molar-refractivity contribution in [3.63, 3.8) is 0 Å². The van der Waals surface area contributed by atoms with E-state index in [4.69, 9.17) is 0 Å². The summed E-state index contributed by atoms with van der Waals surface area (Å²) in [6.07, 6.45) is 2.09. The van der Waals surface area contributed by atoms with Gasteiger partial charge in [0.15, 0.2) is 0 Å². The summed E-state index contributed by atoms with van der Waals surface area (Å²) in [4.78, 5) is 13.4. The first-order valence-corrected chi connectivity index (χ1v) is 9.24. The summed E-state index contributed by atoms with van der Waals surface area (Å²) in [5, 5.41) is 18.2. The summed E-state index contributed by atoms with van der Waals surface area (Å²) in [5.74, 6) is -4.19. The molecule has 140 valence electrons. The molecule has 7 heteroatoms. The van der Waals surface area contributed by atoms with Crippen LogP contribution in [0.15, 0.2) is 12.3 Å². The molecule has 2 aromatic rings. The number of halogens is 2. The lowest BCUT2D eigenvalue weighted by molar-refractivity contribution is -0.164. The number of H-pyrrole nitrogens is 1. The molecule has 1 fully saturated rings. The highest BCUT2D eigenvalue weighted by molar-refractivity contribution is 5.85. The minimum atomic E-state index is -3.25. The van der Waals surface area contributed by atoms with Gasteiger partial charge in [0.25, 0.3) is 5.92 Å². The van der Waals surface area contributed by atoms with Crippen LogP contribution in [0, 0.1) is 5.92 Å². The number of carbonyl (C=O) groups excluding carboxylic acids is 1. The molecule has 2 heterocycles. The van der Waals surface area contributed by atoms with Gasteiger partial charge in [-0.15, -0.1) is 0 Å². The van der Waals surface area contributed by atoms with Crippen molar-refractivity contribution < 1.29 is 18.7 Å². The Labute approximate surface area is 150 Å². The molecule has 2 aliphatic rings. The van der Waals surface area contributed by atoms with E-state index in [1.807, 2.05) is 6.07 Å². The van der Waals surface area contributed by atoms with Crippen LogP contribution in [0.1, 0.15) is 49.0 Å². The number of hydrogen-bond acceptors (Lipinski definition) is 3. The zero-order chi connectivity index (χ0) is 18.5. The fraction of sp³-hybridized carbons (Fsp3) is 0.579. The lowest BCUT2D eigenvalue weighted by atomic mass is 9.77. The number of aliphatic hydroxyl groups excluding tert-OH is 1. The van der Waals surface area contributed by atoms with Crippen molar-refractivity contribution in [3.05, 3.63) is 29.0 Å². The van der Waals surface area contributed by atoms with Gasteiger partial charge in [0, 0.05) is 36.4 Å². The molecule has 0 saturated carbocycles. The zero-order valence-corrected chi connectivity index (χ0v) is 14.8. The summed E-state index contributed by atoms with van der Waals surface area (Å²) in [6, 6.07) is 1.96. The number of aromatic nitrogens is 2. The van der Waals surface area contributed by atoms with E-state index in [1.165, 1.54) is 0 Å². The van der Waals surface area contributed by atoms with E-state index in [1.54, 1.807) is 18.0 Å². The summed E-state index contributed by atoms with van der Waals surface area (Å²) in [6.45, 7) is 2.42. The monoisotopic (exact) mass is 363 g/mol. The van der Waals surface area contributed by atoms with E-state index in [2.05, 4.69) is 10.2 Å². The largest absolute Gasteiger partial charge is 0.382 e. The van der Waals surface area contributed by atoms with Gasteiger partial charge in [0.2, 0.25) is 5.91 Å². The SMILES string of the molecule is CCC(=O)N1CCC(C(F)(F)[C@H](O)c2c3c(cc4cn[nH]c24)CC3)CC1. The van der Waals surface area contributed by atoms with Crippen LogP contribution >= 0.6 is 0 Å². The summed E-state index contributed by atoms with van der Waals surface area (Å²) in [5.41, 5.74) is 2.66. The van der Waals surface area contributed by atoms with Crippen LogP contribution < -0.4 is 0 Å². The van der Waals surface area contributed by atoms with Gasteiger partial charge in [-0.3, -0.25) is 9.89 Å². The van der Waals surface area contributed by atoms with Crippen LogP contribution in [0.2, 0.25) is 0 Å². The molecule has 0 radical (unpaired) electrons. The van der Waals surface area contributed by atoms with Crippen molar-refractivity contribution in [1.29, 1.82) is 0 Å². The van der Waals surface area contributed by atoms with Gasteiger partial charge in [0.05, 0.1) is 11.7 Å². The van der Waals surface area contributed by atoms with Crippen molar-refractivity contribution in [3.8, 4) is 0 Å². The number of carbonyl (C=O) groups is 1. The van der Waals surface area contributed by atoms with E-state index in [0.29, 0.717) is 37.0 Å². The number of amides is 1. The van der Waals surface area contributed by atoms with E-state index < -0.39 is 17.9 Å². The molecular formula is C19H23F2N3O2. The Morgan fingerprint density at radius 1 is 1.42 bits per heavy atom. The molecular weight excluding hydrogens is 340 g/mol. The molecule has 2 N–H and O–H groups in total. The van der Waals surface area contributed by atoms with Crippen molar-refractivity contribution in [1.82, 2.24) is 15.1 Å². The molecule has 1 aromatic carbocycles. The molecule has 1 saturated heterocycles. The quantitative estimate of drug-likeness (QED) is 0.877. The van der Waals surface area contributed by atoms with E-state index in [-0.39, 0.29) is 18.7 Å². The Balaban J connectivity index is 1.60. The maximum atomic E-state index is 15.2. The van der Waals surface area contributed by atoms with E-state index >= 15 is 8.78 Å². The van der Waals surface area contributed by atoms with Crippen LogP contribution in [0.5, 0.6) is 0 Å². The highest BCUT2D eigenvalue weighted by atomic mass is 19.3. The number of hydrogen-bond donors (Lipinski definition) is 2. The number of aromatic amines is 1. The number of aryl methyl sites for hydroxylation is 1. The molecule has 1 aliphatic carbocycles. The van der Waals surface area contributed by atoms with E-state index in [0.717, 1.165) is 22.9 Å². The summed E-state index contributed by atoms with van der Waals surface area (Å²) < 4.78 is 30.4. The van der Waals surface area contributed by atoms with E-state index in [9.17, 15) is 9.90 Å². The van der Waals surface area contributed by atoms with Crippen molar-refractivity contribution in [2.75, 3.05) is 13.1 Å². The molecule has 1 atom stereocenters. The average Bonchev–Trinajstić information content (AvgIpc) is 3.10. The highest BCUT2D eigenvalue weighted by Crippen LogP contribution is 2.46. The second-order valence-corrected chi connectivity index (χ2v) is 7.35. The summed E-state index contributed by atoms with van der Waals surface area (Å²) >= 11 is 0.